The molecule has 148 valence electrons. The maximum atomic E-state index is 12.8. The number of aromatic nitrogens is 3. The van der Waals surface area contributed by atoms with Crippen molar-refractivity contribution in [3.8, 4) is 11.3 Å². The molecule has 4 rings (SSSR count). The van der Waals surface area contributed by atoms with Crippen LogP contribution in [-0.2, 0) is 7.05 Å². The number of carbonyl (C=O) groups is 1. The Kier molecular flexibility index (Phi) is 5.25. The molecule has 0 N–H and O–H groups in total. The third-order valence-electron chi connectivity index (χ3n) is 5.61. The maximum absolute atomic E-state index is 12.8. The molecule has 0 spiro atoms. The molecule has 0 atom stereocenters. The molecule has 29 heavy (non-hydrogen) atoms. The highest BCUT2D eigenvalue weighted by atomic mass is 16.2. The van der Waals surface area contributed by atoms with Gasteiger partial charge in [-0.15, -0.1) is 0 Å². The van der Waals surface area contributed by atoms with Crippen LogP contribution in [-0.4, -0.2) is 38.4 Å². The van der Waals surface area contributed by atoms with E-state index in [0.717, 1.165) is 35.6 Å². The zero-order valence-electron chi connectivity index (χ0n) is 16.7. The number of benzene rings is 1. The molecule has 1 amide bonds. The molecule has 6 nitrogen and oxygen atoms in total. The van der Waals surface area contributed by atoms with Crippen molar-refractivity contribution in [2.24, 2.45) is 7.05 Å². The summed E-state index contributed by atoms with van der Waals surface area (Å²) in [4.78, 5) is 36.1. The fourth-order valence-electron chi connectivity index (χ4n) is 3.74. The minimum Gasteiger partial charge on any atom is -0.354 e. The Labute approximate surface area is 169 Å². The minimum atomic E-state index is -0.216. The molecule has 3 heterocycles. The van der Waals surface area contributed by atoms with E-state index in [-0.39, 0.29) is 22.8 Å². The van der Waals surface area contributed by atoms with Gasteiger partial charge in [0, 0.05) is 55.8 Å². The number of hydrogen-bond acceptors (Lipinski definition) is 4. The van der Waals surface area contributed by atoms with Gasteiger partial charge in [-0.2, -0.15) is 0 Å². The molecule has 0 bridgehead atoms. The summed E-state index contributed by atoms with van der Waals surface area (Å²) in [5.41, 5.74) is 2.84. The van der Waals surface area contributed by atoms with Gasteiger partial charge in [0.15, 0.2) is 5.43 Å². The number of aryl methyl sites for hydroxylation is 2. The van der Waals surface area contributed by atoms with Crippen LogP contribution in [0.25, 0.3) is 11.3 Å². The molecule has 6 heteroatoms. The monoisotopic (exact) mass is 388 g/mol. The molecule has 0 saturated carbocycles. The van der Waals surface area contributed by atoms with Gasteiger partial charge in [0.2, 0.25) is 0 Å². The van der Waals surface area contributed by atoms with Gasteiger partial charge in [-0.1, -0.05) is 30.3 Å². The van der Waals surface area contributed by atoms with E-state index in [2.05, 4.69) is 4.98 Å². The Morgan fingerprint density at radius 2 is 1.83 bits per heavy atom. The average molecular weight is 388 g/mol. The summed E-state index contributed by atoms with van der Waals surface area (Å²) in [6, 6.07) is 13.5. The molecule has 0 aliphatic carbocycles. The Morgan fingerprint density at radius 3 is 2.55 bits per heavy atom. The fraction of sp³-hybridized carbons (Fsp3) is 0.304. The van der Waals surface area contributed by atoms with Crippen LogP contribution in [0.3, 0.4) is 0 Å². The number of piperidine rings is 1. The van der Waals surface area contributed by atoms with Crippen molar-refractivity contribution < 1.29 is 4.79 Å². The van der Waals surface area contributed by atoms with Crippen molar-refractivity contribution in [1.29, 1.82) is 0 Å². The van der Waals surface area contributed by atoms with Crippen LogP contribution in [0, 0.1) is 6.92 Å². The van der Waals surface area contributed by atoms with Gasteiger partial charge in [0.05, 0.1) is 5.69 Å². The summed E-state index contributed by atoms with van der Waals surface area (Å²) in [5.74, 6) is 0.844. The highest BCUT2D eigenvalue weighted by Crippen LogP contribution is 2.27. The Morgan fingerprint density at radius 1 is 1.10 bits per heavy atom. The largest absolute Gasteiger partial charge is 0.354 e. The second kappa shape index (κ2) is 7.99. The molecule has 0 radical (unpaired) electrons. The highest BCUT2D eigenvalue weighted by Gasteiger charge is 2.27. The lowest BCUT2D eigenvalue weighted by molar-refractivity contribution is 0.0709. The number of pyridine rings is 1. The van der Waals surface area contributed by atoms with E-state index in [0.29, 0.717) is 13.1 Å². The smallest absolute Gasteiger partial charge is 0.259 e. The van der Waals surface area contributed by atoms with Gasteiger partial charge < -0.3 is 9.47 Å². The number of hydrogen-bond donors (Lipinski definition) is 0. The molecule has 1 aliphatic rings. The highest BCUT2D eigenvalue weighted by molar-refractivity contribution is 5.94. The van der Waals surface area contributed by atoms with E-state index in [1.807, 2.05) is 54.9 Å². The second-order valence-electron chi connectivity index (χ2n) is 7.54. The quantitative estimate of drug-likeness (QED) is 0.691. The van der Waals surface area contributed by atoms with Crippen LogP contribution < -0.4 is 5.43 Å². The van der Waals surface area contributed by atoms with E-state index in [1.54, 1.807) is 17.3 Å². The first-order valence-electron chi connectivity index (χ1n) is 9.88. The first-order valence-corrected chi connectivity index (χ1v) is 9.88. The average Bonchev–Trinajstić information content (AvgIpc) is 2.77. The predicted molar refractivity (Wildman–Crippen MR) is 112 cm³/mol. The Hall–Kier alpha value is -3.28. The van der Waals surface area contributed by atoms with Gasteiger partial charge in [-0.25, -0.2) is 9.97 Å². The lowest BCUT2D eigenvalue weighted by Gasteiger charge is -2.31. The van der Waals surface area contributed by atoms with Crippen LogP contribution >= 0.6 is 0 Å². The summed E-state index contributed by atoms with van der Waals surface area (Å²) in [6.07, 6.45) is 5.02. The SMILES string of the molecule is Cc1cc(=O)c(C(=O)N2CCC(c3nccc(-c4ccccc4)n3)CC2)cn1C. The number of carbonyl (C=O) groups excluding carboxylic acids is 1. The van der Waals surface area contributed by atoms with Crippen LogP contribution in [0.4, 0.5) is 0 Å². The first kappa shape index (κ1) is 19.1. The third kappa shape index (κ3) is 3.97. The lowest BCUT2D eigenvalue weighted by atomic mass is 9.95. The van der Waals surface area contributed by atoms with Crippen LogP contribution in [0.5, 0.6) is 0 Å². The van der Waals surface area contributed by atoms with E-state index < -0.39 is 0 Å². The molecule has 1 aliphatic heterocycles. The Balaban J connectivity index is 1.47. The lowest BCUT2D eigenvalue weighted by Crippen LogP contribution is -2.40. The molecular weight excluding hydrogens is 364 g/mol. The Bertz CT molecular complexity index is 1080. The summed E-state index contributed by atoms with van der Waals surface area (Å²) in [6.45, 7) is 3.05. The second-order valence-corrected chi connectivity index (χ2v) is 7.54. The van der Waals surface area contributed by atoms with Crippen molar-refractivity contribution in [2.45, 2.75) is 25.7 Å². The minimum absolute atomic E-state index is 0.192. The summed E-state index contributed by atoms with van der Waals surface area (Å²) < 4.78 is 1.81. The predicted octanol–water partition coefficient (Wildman–Crippen LogP) is 3.17. The number of amides is 1. The van der Waals surface area contributed by atoms with Gasteiger partial charge in [0.25, 0.3) is 5.91 Å². The van der Waals surface area contributed by atoms with Crippen molar-refractivity contribution in [1.82, 2.24) is 19.4 Å². The normalized spacial score (nSPS) is 14.8. The van der Waals surface area contributed by atoms with E-state index in [9.17, 15) is 9.59 Å². The summed E-state index contributed by atoms with van der Waals surface area (Å²) >= 11 is 0. The van der Waals surface area contributed by atoms with Crippen LogP contribution in [0.1, 0.15) is 40.6 Å². The van der Waals surface area contributed by atoms with Gasteiger partial charge in [-0.05, 0) is 25.8 Å². The standard InChI is InChI=1S/C23H24N4O2/c1-16-14-21(28)19(15-26(16)2)23(29)27-12-9-18(10-13-27)22-24-11-8-20(25-22)17-6-4-3-5-7-17/h3-8,11,14-15,18H,9-10,12-13H2,1-2H3. The van der Waals surface area contributed by atoms with Crippen molar-refractivity contribution in [2.75, 3.05) is 13.1 Å². The summed E-state index contributed by atoms with van der Waals surface area (Å²) in [7, 11) is 1.84. The number of likely N-dealkylation sites (tertiary alicyclic amines) is 1. The number of rotatable bonds is 3. The summed E-state index contributed by atoms with van der Waals surface area (Å²) in [5, 5.41) is 0. The molecule has 3 aromatic rings. The molecule has 0 unspecified atom stereocenters. The zero-order valence-corrected chi connectivity index (χ0v) is 16.7. The number of nitrogens with zero attached hydrogens (tertiary/aromatic N) is 4. The molecule has 1 aromatic carbocycles. The first-order chi connectivity index (χ1) is 14.0. The van der Waals surface area contributed by atoms with E-state index in [4.69, 9.17) is 4.98 Å². The van der Waals surface area contributed by atoms with Crippen LogP contribution in [0.15, 0.2) is 59.7 Å². The van der Waals surface area contributed by atoms with Crippen molar-refractivity contribution in [3.63, 3.8) is 0 Å². The molecule has 2 aromatic heterocycles. The van der Waals surface area contributed by atoms with Gasteiger partial charge >= 0.3 is 0 Å². The zero-order chi connectivity index (χ0) is 20.4. The van der Waals surface area contributed by atoms with Crippen molar-refractivity contribution in [3.05, 3.63) is 82.2 Å². The molecule has 1 fully saturated rings. The third-order valence-corrected chi connectivity index (χ3v) is 5.61. The van der Waals surface area contributed by atoms with Gasteiger partial charge in [0.1, 0.15) is 11.4 Å². The molecule has 1 saturated heterocycles. The van der Waals surface area contributed by atoms with Gasteiger partial charge in [-0.3, -0.25) is 9.59 Å². The van der Waals surface area contributed by atoms with Crippen molar-refractivity contribution >= 4 is 5.91 Å². The fourth-order valence-corrected chi connectivity index (χ4v) is 3.74. The van der Waals surface area contributed by atoms with E-state index >= 15 is 0 Å². The maximum Gasteiger partial charge on any atom is 0.259 e. The topological polar surface area (TPSA) is 68.1 Å². The van der Waals surface area contributed by atoms with E-state index in [1.165, 1.54) is 6.07 Å². The molecular formula is C23H24N4O2. The van der Waals surface area contributed by atoms with Crippen LogP contribution in [0.2, 0.25) is 0 Å².